The quantitative estimate of drug-likeness (QED) is 0.412. The molecule has 28 valence electrons. The van der Waals surface area contributed by atoms with Gasteiger partial charge in [0, 0.05) is 0 Å². The third-order valence-corrected chi connectivity index (χ3v) is 0. The molecule has 4 heteroatoms. The first-order chi connectivity index (χ1) is 0. The normalized spacial score (nSPS) is 0. The van der Waals surface area contributed by atoms with E-state index in [9.17, 15) is 0 Å². The Bertz CT molecular complexity index is 6.00. The summed E-state index contributed by atoms with van der Waals surface area (Å²) in [6.07, 6.45) is 0. The number of rotatable bonds is 0. The second-order valence-electron chi connectivity index (χ2n) is 0. The average molecular weight is 135 g/mol. The first-order valence-corrected chi connectivity index (χ1v) is 0. The topological polar surface area (TPSA) is 0 Å². The van der Waals surface area contributed by atoms with Crippen LogP contribution in [0, 0.1) is 0 Å². The molecule has 4 heavy (non-hydrogen) atoms. The zero-order valence-corrected chi connectivity index (χ0v) is 2.86. The third kappa shape index (κ3) is 9.23. The first-order valence-electron chi connectivity index (χ1n) is 0. The van der Waals surface area contributed by atoms with Gasteiger partial charge in [-0.05, 0) is 0 Å². The molecule has 0 aromatic rings. The molecule has 0 unspecified atom stereocenters. The van der Waals surface area contributed by atoms with Gasteiger partial charge in [-0.15, -0.1) is 24.8 Å². The Balaban J connectivity index is 0. The van der Waals surface area contributed by atoms with E-state index in [-0.39, 0.29) is 67.3 Å². The molecule has 0 aliphatic heterocycles. The van der Waals surface area contributed by atoms with E-state index in [2.05, 4.69) is 0 Å². The molecule has 0 aliphatic rings. The molecule has 0 spiro atoms. The Labute approximate surface area is 66.5 Å². The van der Waals surface area contributed by atoms with E-state index >= 15 is 0 Å². The van der Waals surface area contributed by atoms with Crippen molar-refractivity contribution in [1.29, 1.82) is 0 Å². The van der Waals surface area contributed by atoms with Crippen molar-refractivity contribution < 1.29 is 4.70 Å². The average Bonchev–Trinajstić information content (AvgIpc) is 0. The van der Waals surface area contributed by atoms with Crippen molar-refractivity contribution in [3.63, 3.8) is 0 Å². The molecule has 0 amide bonds. The summed E-state index contributed by atoms with van der Waals surface area (Å²) in [5.41, 5.74) is 0. The van der Waals surface area contributed by atoms with Crippen molar-refractivity contribution in [1.82, 2.24) is 0 Å². The molecule has 0 aromatic heterocycles. The first kappa shape index (κ1) is 41.9. The van der Waals surface area contributed by atoms with Crippen LogP contribution in [0.25, 0.3) is 0 Å². The van der Waals surface area contributed by atoms with Gasteiger partial charge in [0.05, 0.1) is 0 Å². The van der Waals surface area contributed by atoms with Crippen molar-refractivity contribution in [3.05, 3.63) is 0 Å². The van der Waals surface area contributed by atoms with E-state index in [1.807, 2.05) is 0 Å². The summed E-state index contributed by atoms with van der Waals surface area (Å²) < 4.78 is 0. The zero-order chi connectivity index (χ0) is 0. The Morgan fingerprint density at radius 1 is 0.750 bits per heavy atom. The summed E-state index contributed by atoms with van der Waals surface area (Å²) in [7, 11) is 0. The summed E-state index contributed by atoms with van der Waals surface area (Å²) >= 11 is 0. The number of halogens is 3. The van der Waals surface area contributed by atoms with E-state index in [0.29, 0.717) is 0 Å². The van der Waals surface area contributed by atoms with Gasteiger partial charge in [-0.2, -0.15) is 0 Å². The van der Waals surface area contributed by atoms with Gasteiger partial charge in [0.2, 0.25) is 0 Å². The molecule has 0 heterocycles. The van der Waals surface area contributed by atoms with Crippen LogP contribution < -0.4 is 0 Å². The molecule has 0 rings (SSSR count). The molecule has 0 bridgehead atoms. The second-order valence-corrected chi connectivity index (χ2v) is 0. The van der Waals surface area contributed by atoms with Crippen LogP contribution in [-0.2, 0) is 0 Å². The molecule has 0 saturated carbocycles. The predicted molar refractivity (Wildman–Crippen MR) is 25.5 cm³/mol. The number of hydrogen-bond donors (Lipinski definition) is 0. The van der Waals surface area contributed by atoms with Gasteiger partial charge in [-0.25, -0.2) is 0 Å². The molecular weight excluding hydrogens is 130 g/mol. The summed E-state index contributed by atoms with van der Waals surface area (Å²) in [6, 6.07) is 0. The molecule has 0 fully saturated rings. The third-order valence-electron chi connectivity index (χ3n) is 0. The Kier molecular flexibility index (Phi) is 227. The second kappa shape index (κ2) is 21.6. The Hall–Kier alpha value is 1.77. The van der Waals surface area contributed by atoms with Gasteiger partial charge in [0.25, 0.3) is 0 Å². The van der Waals surface area contributed by atoms with Crippen LogP contribution in [0.5, 0.6) is 0 Å². The Morgan fingerprint density at radius 3 is 0.750 bits per heavy atom. The van der Waals surface area contributed by atoms with Crippen molar-refractivity contribution in [2.45, 2.75) is 0 Å². The Morgan fingerprint density at radius 2 is 0.750 bits per heavy atom. The van der Waals surface area contributed by atoms with E-state index in [0.717, 1.165) is 0 Å². The van der Waals surface area contributed by atoms with Crippen molar-refractivity contribution in [2.24, 2.45) is 0 Å². The van der Waals surface area contributed by atoms with Gasteiger partial charge >= 0.3 is 37.7 Å². The molecule has 0 N–H and O–H groups in total. The van der Waals surface area contributed by atoms with Gasteiger partial charge in [0.15, 0.2) is 0 Å². The molecule has 0 atom stereocenters. The van der Waals surface area contributed by atoms with Crippen molar-refractivity contribution in [2.75, 3.05) is 0 Å². The SMILES string of the molecule is Cl.Cl.F.[CaH2]. The number of hydrogen-bond acceptors (Lipinski definition) is 0. The van der Waals surface area contributed by atoms with Crippen LogP contribution in [0.4, 0.5) is 4.70 Å². The minimum atomic E-state index is 0. The molecular formula is H5CaCl2F. The van der Waals surface area contributed by atoms with E-state index < -0.39 is 0 Å². The fourth-order valence-corrected chi connectivity index (χ4v) is 0. The predicted octanol–water partition coefficient (Wildman–Crippen LogP) is 0.0799. The van der Waals surface area contributed by atoms with Gasteiger partial charge < -0.3 is 0 Å². The monoisotopic (exact) mass is 134 g/mol. The summed E-state index contributed by atoms with van der Waals surface area (Å²) in [4.78, 5) is 0. The van der Waals surface area contributed by atoms with Crippen LogP contribution in [0.3, 0.4) is 0 Å². The standard InChI is InChI=1S/Ca.2ClH.FH.2H/h;3*1H;;. The summed E-state index contributed by atoms with van der Waals surface area (Å²) in [5, 5.41) is 0. The fourth-order valence-electron chi connectivity index (χ4n) is 0. The van der Waals surface area contributed by atoms with E-state index in [1.54, 1.807) is 0 Å². The fraction of sp³-hybridized carbons (Fsp3) is 0. The molecule has 0 aromatic carbocycles. The van der Waals surface area contributed by atoms with Crippen molar-refractivity contribution >= 4 is 62.6 Å². The molecule has 0 saturated heterocycles. The van der Waals surface area contributed by atoms with Gasteiger partial charge in [-0.1, -0.05) is 0 Å². The van der Waals surface area contributed by atoms with Crippen LogP contribution >= 0.6 is 24.8 Å². The van der Waals surface area contributed by atoms with E-state index in [4.69, 9.17) is 0 Å². The zero-order valence-electron chi connectivity index (χ0n) is 1.22. The molecule has 0 aliphatic carbocycles. The minimum absolute atomic E-state index is 0. The van der Waals surface area contributed by atoms with Crippen molar-refractivity contribution in [3.8, 4) is 0 Å². The summed E-state index contributed by atoms with van der Waals surface area (Å²) in [6.45, 7) is 0. The van der Waals surface area contributed by atoms with Crippen LogP contribution in [0.1, 0.15) is 0 Å². The maximum absolute atomic E-state index is 0. The molecule has 0 radical (unpaired) electrons. The summed E-state index contributed by atoms with van der Waals surface area (Å²) in [5.74, 6) is 0. The van der Waals surface area contributed by atoms with Crippen LogP contribution in [-0.4, -0.2) is 37.7 Å². The van der Waals surface area contributed by atoms with Gasteiger partial charge in [0.1, 0.15) is 0 Å². The maximum atomic E-state index is 0. The van der Waals surface area contributed by atoms with E-state index in [1.165, 1.54) is 0 Å². The van der Waals surface area contributed by atoms with Gasteiger partial charge in [-0.3, -0.25) is 4.70 Å². The van der Waals surface area contributed by atoms with Crippen LogP contribution in [0.15, 0.2) is 0 Å². The van der Waals surface area contributed by atoms with Crippen LogP contribution in [0.2, 0.25) is 0 Å². The molecule has 0 nitrogen and oxygen atoms in total.